The minimum Gasteiger partial charge on any atom is -0.464 e. The molecule has 0 saturated carbocycles. The van der Waals surface area contributed by atoms with E-state index in [1.54, 1.807) is 0 Å². The first-order chi connectivity index (χ1) is 14.0. The van der Waals surface area contributed by atoms with Crippen LogP contribution < -0.4 is 5.32 Å². The van der Waals surface area contributed by atoms with Gasteiger partial charge in [0.2, 0.25) is 5.95 Å². The van der Waals surface area contributed by atoms with Gasteiger partial charge in [0.05, 0.1) is 12.7 Å². The van der Waals surface area contributed by atoms with Gasteiger partial charge in [-0.25, -0.2) is 13.6 Å². The Bertz CT molecular complexity index is 1120. The van der Waals surface area contributed by atoms with Crippen LogP contribution in [0.5, 0.6) is 0 Å². The number of rotatable bonds is 4. The lowest BCUT2D eigenvalue weighted by Gasteiger charge is -2.28. The molecule has 1 aliphatic heterocycles. The molecule has 0 fully saturated rings. The molecule has 0 unspecified atom stereocenters. The van der Waals surface area contributed by atoms with E-state index in [1.807, 2.05) is 0 Å². The molecule has 0 bridgehead atoms. The van der Waals surface area contributed by atoms with Gasteiger partial charge < -0.3 is 10.1 Å². The van der Waals surface area contributed by atoms with Gasteiger partial charge in [0.1, 0.15) is 23.4 Å². The van der Waals surface area contributed by atoms with Gasteiger partial charge in [-0.3, -0.25) is 4.79 Å². The average Bonchev–Trinajstić information content (AvgIpc) is 3.21. The van der Waals surface area contributed by atoms with E-state index >= 15 is 0 Å². The summed E-state index contributed by atoms with van der Waals surface area (Å²) in [6.07, 6.45) is 0. The van der Waals surface area contributed by atoms with Gasteiger partial charge in [0, 0.05) is 5.56 Å². The van der Waals surface area contributed by atoms with Crippen LogP contribution in [0.3, 0.4) is 0 Å². The van der Waals surface area contributed by atoms with Gasteiger partial charge in [-0.15, -0.1) is 0 Å². The number of aromatic nitrogens is 4. The molecule has 1 aliphatic rings. The van der Waals surface area contributed by atoms with Crippen molar-refractivity contribution in [2.24, 2.45) is 0 Å². The van der Waals surface area contributed by atoms with Crippen molar-refractivity contribution in [1.82, 2.24) is 20.2 Å². The zero-order valence-electron chi connectivity index (χ0n) is 15.0. The second-order valence-corrected chi connectivity index (χ2v) is 6.14. The van der Waals surface area contributed by atoms with E-state index in [1.165, 1.54) is 48.2 Å². The molecule has 2 aromatic carbocycles. The average molecular weight is 397 g/mol. The molecule has 3 aromatic rings. The van der Waals surface area contributed by atoms with Crippen molar-refractivity contribution >= 4 is 17.7 Å². The van der Waals surface area contributed by atoms with E-state index in [0.717, 1.165) is 12.1 Å². The number of ether oxygens (including phenoxy) is 1. The summed E-state index contributed by atoms with van der Waals surface area (Å²) in [4.78, 5) is 25.8. The van der Waals surface area contributed by atoms with E-state index < -0.39 is 29.4 Å². The van der Waals surface area contributed by atoms with Crippen molar-refractivity contribution in [2.45, 2.75) is 6.04 Å². The highest BCUT2D eigenvalue weighted by Gasteiger charge is 2.38. The maximum absolute atomic E-state index is 13.5. The predicted molar refractivity (Wildman–Crippen MR) is 95.8 cm³/mol. The summed E-state index contributed by atoms with van der Waals surface area (Å²) < 4.78 is 32.9. The Labute approximate surface area is 162 Å². The number of hydrogen-bond donors (Lipinski definition) is 1. The summed E-state index contributed by atoms with van der Waals surface area (Å²) in [5.41, 5.74) is 0.440. The van der Waals surface area contributed by atoms with Crippen LogP contribution in [0.1, 0.15) is 22.0 Å². The van der Waals surface area contributed by atoms with Crippen molar-refractivity contribution in [2.75, 3.05) is 12.4 Å². The van der Waals surface area contributed by atoms with Crippen molar-refractivity contribution in [1.29, 1.82) is 0 Å². The highest BCUT2D eigenvalue weighted by atomic mass is 19.1. The maximum atomic E-state index is 13.5. The van der Waals surface area contributed by atoms with Crippen LogP contribution >= 0.6 is 0 Å². The molecule has 8 nitrogen and oxygen atoms in total. The number of fused-ring (bicyclic) bond motifs is 1. The van der Waals surface area contributed by atoms with Crippen molar-refractivity contribution in [3.8, 4) is 0 Å². The Morgan fingerprint density at radius 2 is 1.66 bits per heavy atom. The molecule has 0 radical (unpaired) electrons. The molecule has 0 spiro atoms. The summed E-state index contributed by atoms with van der Waals surface area (Å²) in [7, 11) is 1.17. The number of anilines is 1. The van der Waals surface area contributed by atoms with Crippen LogP contribution in [-0.4, -0.2) is 39.1 Å². The second-order valence-electron chi connectivity index (χ2n) is 6.14. The Balaban J connectivity index is 1.94. The molecule has 146 valence electrons. The monoisotopic (exact) mass is 397 g/mol. The summed E-state index contributed by atoms with van der Waals surface area (Å²) in [6.45, 7) is 0. The van der Waals surface area contributed by atoms with Gasteiger partial charge in [-0.2, -0.15) is 4.68 Å². The molecule has 1 aromatic heterocycles. The smallest absolute Gasteiger partial charge is 0.355 e. The molecule has 2 heterocycles. The molecule has 0 saturated heterocycles. The molecule has 0 aliphatic carbocycles. The molecule has 1 atom stereocenters. The Kier molecular flexibility index (Phi) is 4.59. The molecular weight excluding hydrogens is 384 g/mol. The first-order valence-electron chi connectivity index (χ1n) is 8.42. The highest BCUT2D eigenvalue weighted by Crippen LogP contribution is 2.36. The largest absolute Gasteiger partial charge is 0.464 e. The van der Waals surface area contributed by atoms with Crippen LogP contribution in [0.2, 0.25) is 0 Å². The SMILES string of the molecule is COC(=O)C1=C(C(=O)c2ccc(F)cc2)[C@H](c2ccc(F)cc2)n2nnnc2N1. The van der Waals surface area contributed by atoms with E-state index in [-0.39, 0.29) is 22.8 Å². The topological polar surface area (TPSA) is 99.0 Å². The summed E-state index contributed by atoms with van der Waals surface area (Å²) in [5.74, 6) is -2.24. The number of benzene rings is 2. The number of nitrogens with one attached hydrogen (secondary N) is 1. The van der Waals surface area contributed by atoms with Gasteiger partial charge in [-0.05, 0) is 52.4 Å². The third-order valence-corrected chi connectivity index (χ3v) is 4.44. The van der Waals surface area contributed by atoms with Crippen LogP contribution in [0.25, 0.3) is 0 Å². The zero-order valence-corrected chi connectivity index (χ0v) is 15.0. The molecule has 29 heavy (non-hydrogen) atoms. The van der Waals surface area contributed by atoms with Crippen molar-refractivity contribution in [3.63, 3.8) is 0 Å². The number of esters is 1. The fourth-order valence-corrected chi connectivity index (χ4v) is 3.10. The number of carbonyl (C=O) groups excluding carboxylic acids is 2. The number of allylic oxidation sites excluding steroid dienone is 1. The van der Waals surface area contributed by atoms with Gasteiger partial charge in [0.25, 0.3) is 0 Å². The lowest BCUT2D eigenvalue weighted by Crippen LogP contribution is -2.33. The van der Waals surface area contributed by atoms with Gasteiger partial charge in [0.15, 0.2) is 5.78 Å². The van der Waals surface area contributed by atoms with Crippen LogP contribution in [0.15, 0.2) is 59.8 Å². The third-order valence-electron chi connectivity index (χ3n) is 4.44. The van der Waals surface area contributed by atoms with E-state index in [9.17, 15) is 18.4 Å². The number of nitrogens with zero attached hydrogens (tertiary/aromatic N) is 4. The third kappa shape index (κ3) is 3.24. The number of methoxy groups -OCH3 is 1. The minimum atomic E-state index is -0.937. The highest BCUT2D eigenvalue weighted by molar-refractivity contribution is 6.14. The summed E-state index contributed by atoms with van der Waals surface area (Å²) in [5, 5.41) is 14.0. The fourth-order valence-electron chi connectivity index (χ4n) is 3.10. The number of hydrogen-bond acceptors (Lipinski definition) is 7. The number of Topliss-reactive ketones (excluding diaryl/α,β-unsaturated/α-hetero) is 1. The van der Waals surface area contributed by atoms with Crippen LogP contribution in [0, 0.1) is 11.6 Å². The van der Waals surface area contributed by atoms with Gasteiger partial charge in [-0.1, -0.05) is 17.2 Å². The first-order valence-corrected chi connectivity index (χ1v) is 8.42. The normalized spacial score (nSPS) is 15.5. The first kappa shape index (κ1) is 18.4. The Morgan fingerprint density at radius 3 is 2.28 bits per heavy atom. The van der Waals surface area contributed by atoms with E-state index in [4.69, 9.17) is 4.74 Å². The lowest BCUT2D eigenvalue weighted by molar-refractivity contribution is -0.136. The van der Waals surface area contributed by atoms with E-state index in [2.05, 4.69) is 20.8 Å². The van der Waals surface area contributed by atoms with Crippen molar-refractivity contribution < 1.29 is 23.1 Å². The number of carbonyl (C=O) groups is 2. The molecule has 10 heteroatoms. The number of halogens is 2. The number of tetrazole rings is 1. The second kappa shape index (κ2) is 7.23. The minimum absolute atomic E-state index is 0.0186. The van der Waals surface area contributed by atoms with Gasteiger partial charge >= 0.3 is 5.97 Å². The quantitative estimate of drug-likeness (QED) is 0.533. The molecule has 1 N–H and O–H groups in total. The Hall–Kier alpha value is -3.95. The van der Waals surface area contributed by atoms with Crippen LogP contribution in [-0.2, 0) is 9.53 Å². The summed E-state index contributed by atoms with van der Waals surface area (Å²) in [6, 6.07) is 9.31. The standard InChI is InChI=1S/C19H13F2N5O3/c1-29-18(28)15-14(17(27)11-4-8-13(21)9-5-11)16(10-2-6-12(20)7-3-10)26-19(22-15)23-24-25-26/h2-9,16H,1H3,(H,22,23,25)/t16-/m0/s1. The van der Waals surface area contributed by atoms with Crippen molar-refractivity contribution in [3.05, 3.63) is 82.6 Å². The molecular formula is C19H13F2N5O3. The Morgan fingerprint density at radius 1 is 1.03 bits per heavy atom. The van der Waals surface area contributed by atoms with E-state index in [0.29, 0.717) is 5.56 Å². The summed E-state index contributed by atoms with van der Waals surface area (Å²) >= 11 is 0. The predicted octanol–water partition coefficient (Wildman–Crippen LogP) is 2.28. The zero-order chi connectivity index (χ0) is 20.5. The number of ketones is 1. The maximum Gasteiger partial charge on any atom is 0.355 e. The fraction of sp³-hybridized carbons (Fsp3) is 0.105. The lowest BCUT2D eigenvalue weighted by atomic mass is 9.89. The van der Waals surface area contributed by atoms with Crippen LogP contribution in [0.4, 0.5) is 14.7 Å². The molecule has 0 amide bonds. The molecule has 4 rings (SSSR count).